The van der Waals surface area contributed by atoms with E-state index in [0.717, 1.165) is 19.3 Å². The van der Waals surface area contributed by atoms with Crippen LogP contribution in [0.2, 0.25) is 0 Å². The minimum atomic E-state index is -0.0706. The number of hydrogen-bond acceptors (Lipinski definition) is 2. The molecule has 2 aliphatic rings. The molecule has 8 heavy (non-hydrogen) atoms. The molecule has 0 aromatic heterocycles. The molecule has 0 bridgehead atoms. The minimum absolute atomic E-state index is 0.0706. The first kappa shape index (κ1) is 4.77. The Hall–Kier alpha value is -0.0800. The van der Waals surface area contributed by atoms with Gasteiger partial charge >= 0.3 is 0 Å². The fourth-order valence-electron chi connectivity index (χ4n) is 1.38. The maximum absolute atomic E-state index is 9.03. The van der Waals surface area contributed by atoms with E-state index in [9.17, 15) is 0 Å². The molecule has 0 amide bonds. The Morgan fingerprint density at radius 2 is 2.12 bits per heavy atom. The van der Waals surface area contributed by atoms with Crippen LogP contribution in [-0.2, 0) is 4.74 Å². The van der Waals surface area contributed by atoms with Gasteiger partial charge in [-0.25, -0.2) is 0 Å². The van der Waals surface area contributed by atoms with Crippen molar-refractivity contribution in [2.75, 3.05) is 0 Å². The van der Waals surface area contributed by atoms with Crippen LogP contribution in [0.25, 0.3) is 0 Å². The molecular weight excluding hydrogens is 104 g/mol. The average molecular weight is 114 g/mol. The van der Waals surface area contributed by atoms with Crippen LogP contribution in [-0.4, -0.2) is 23.4 Å². The number of hydrogen-bond donors (Lipinski definition) is 1. The first-order valence-electron chi connectivity index (χ1n) is 3.20. The SMILES string of the molecule is O[C@H]1CCC2OC2C1. The van der Waals surface area contributed by atoms with E-state index in [-0.39, 0.29) is 6.10 Å². The largest absolute Gasteiger partial charge is 0.393 e. The Kier molecular flexibility index (Phi) is 0.866. The molecule has 1 heterocycles. The third kappa shape index (κ3) is 0.644. The monoisotopic (exact) mass is 114 g/mol. The molecule has 0 spiro atoms. The lowest BCUT2D eigenvalue weighted by Gasteiger charge is -2.10. The summed E-state index contributed by atoms with van der Waals surface area (Å²) < 4.78 is 5.19. The summed E-state index contributed by atoms with van der Waals surface area (Å²) in [5, 5.41) is 9.03. The van der Waals surface area contributed by atoms with Crippen molar-refractivity contribution in [3.8, 4) is 0 Å². The summed E-state index contributed by atoms with van der Waals surface area (Å²) in [5.41, 5.74) is 0. The predicted octanol–water partition coefficient (Wildman–Crippen LogP) is 0.299. The molecule has 2 nitrogen and oxygen atoms in total. The van der Waals surface area contributed by atoms with Crippen LogP contribution in [0.1, 0.15) is 19.3 Å². The van der Waals surface area contributed by atoms with Crippen LogP contribution in [0.3, 0.4) is 0 Å². The van der Waals surface area contributed by atoms with Crippen LogP contribution in [0, 0.1) is 0 Å². The highest BCUT2D eigenvalue weighted by Crippen LogP contribution is 2.36. The predicted molar refractivity (Wildman–Crippen MR) is 28.5 cm³/mol. The Labute approximate surface area is 48.5 Å². The zero-order valence-corrected chi connectivity index (χ0v) is 4.71. The lowest BCUT2D eigenvalue weighted by molar-refractivity contribution is 0.139. The van der Waals surface area contributed by atoms with E-state index >= 15 is 0 Å². The third-order valence-electron chi connectivity index (χ3n) is 1.98. The standard InChI is InChI=1S/C6H10O2/c7-4-1-2-5-6(3-4)8-5/h4-7H,1-3H2/t4-,5?,6?/m0/s1. The van der Waals surface area contributed by atoms with Gasteiger partial charge in [0.25, 0.3) is 0 Å². The smallest absolute Gasteiger partial charge is 0.0866 e. The van der Waals surface area contributed by atoms with Crippen molar-refractivity contribution in [3.63, 3.8) is 0 Å². The van der Waals surface area contributed by atoms with Gasteiger partial charge in [0.05, 0.1) is 18.3 Å². The number of aliphatic hydroxyl groups is 1. The molecule has 2 unspecified atom stereocenters. The second kappa shape index (κ2) is 1.45. The van der Waals surface area contributed by atoms with E-state index in [1.807, 2.05) is 0 Å². The summed E-state index contributed by atoms with van der Waals surface area (Å²) in [5.74, 6) is 0. The highest BCUT2D eigenvalue weighted by Gasteiger charge is 2.43. The van der Waals surface area contributed by atoms with Crippen LogP contribution < -0.4 is 0 Å². The number of epoxide rings is 1. The molecule has 3 atom stereocenters. The zero-order chi connectivity index (χ0) is 5.56. The molecule has 0 aromatic rings. The van der Waals surface area contributed by atoms with E-state index in [0.29, 0.717) is 12.2 Å². The van der Waals surface area contributed by atoms with Gasteiger partial charge in [-0.15, -0.1) is 0 Å². The van der Waals surface area contributed by atoms with Gasteiger partial charge in [-0.2, -0.15) is 0 Å². The van der Waals surface area contributed by atoms with Crippen molar-refractivity contribution in [1.82, 2.24) is 0 Å². The molecule has 2 rings (SSSR count). The molecule has 0 aromatic carbocycles. The summed E-state index contributed by atoms with van der Waals surface area (Å²) in [7, 11) is 0. The quantitative estimate of drug-likeness (QED) is 0.459. The summed E-state index contributed by atoms with van der Waals surface area (Å²) >= 11 is 0. The van der Waals surface area contributed by atoms with E-state index in [2.05, 4.69) is 0 Å². The molecule has 1 saturated heterocycles. The van der Waals surface area contributed by atoms with E-state index in [1.165, 1.54) is 0 Å². The molecule has 2 heteroatoms. The maximum atomic E-state index is 9.03. The van der Waals surface area contributed by atoms with Gasteiger partial charge in [0.15, 0.2) is 0 Å². The van der Waals surface area contributed by atoms with Crippen LogP contribution in [0.4, 0.5) is 0 Å². The van der Waals surface area contributed by atoms with Gasteiger partial charge in [0, 0.05) is 6.42 Å². The van der Waals surface area contributed by atoms with Gasteiger partial charge in [0.1, 0.15) is 0 Å². The van der Waals surface area contributed by atoms with Gasteiger partial charge in [-0.1, -0.05) is 0 Å². The van der Waals surface area contributed by atoms with Crippen LogP contribution in [0.5, 0.6) is 0 Å². The molecular formula is C6H10O2. The van der Waals surface area contributed by atoms with Crippen molar-refractivity contribution in [2.24, 2.45) is 0 Å². The summed E-state index contributed by atoms with van der Waals surface area (Å²) in [6.07, 6.45) is 3.79. The number of rotatable bonds is 0. The average Bonchev–Trinajstić information content (AvgIpc) is 2.43. The Morgan fingerprint density at radius 1 is 1.25 bits per heavy atom. The second-order valence-corrected chi connectivity index (χ2v) is 2.68. The number of aliphatic hydroxyl groups excluding tert-OH is 1. The van der Waals surface area contributed by atoms with E-state index in [4.69, 9.17) is 9.84 Å². The molecule has 1 N–H and O–H groups in total. The number of fused-ring (bicyclic) bond motifs is 1. The van der Waals surface area contributed by atoms with Crippen LogP contribution >= 0.6 is 0 Å². The van der Waals surface area contributed by atoms with Gasteiger partial charge < -0.3 is 9.84 Å². The summed E-state index contributed by atoms with van der Waals surface area (Å²) in [6, 6.07) is 0. The maximum Gasteiger partial charge on any atom is 0.0866 e. The molecule has 0 radical (unpaired) electrons. The van der Waals surface area contributed by atoms with E-state index < -0.39 is 0 Å². The molecule has 1 saturated carbocycles. The topological polar surface area (TPSA) is 32.8 Å². The zero-order valence-electron chi connectivity index (χ0n) is 4.71. The third-order valence-corrected chi connectivity index (χ3v) is 1.98. The fraction of sp³-hybridized carbons (Fsp3) is 1.00. The minimum Gasteiger partial charge on any atom is -0.393 e. The molecule has 2 fully saturated rings. The summed E-state index contributed by atoms with van der Waals surface area (Å²) in [6.45, 7) is 0. The highest BCUT2D eigenvalue weighted by atomic mass is 16.6. The Bertz CT molecular complexity index is 103. The van der Waals surface area contributed by atoms with Crippen molar-refractivity contribution in [2.45, 2.75) is 37.6 Å². The van der Waals surface area contributed by atoms with Crippen molar-refractivity contribution in [3.05, 3.63) is 0 Å². The lowest BCUT2D eigenvalue weighted by atomic mass is 9.98. The van der Waals surface area contributed by atoms with Gasteiger partial charge in [-0.3, -0.25) is 0 Å². The fourth-order valence-corrected chi connectivity index (χ4v) is 1.38. The number of ether oxygens (including phenoxy) is 1. The Morgan fingerprint density at radius 3 is 2.75 bits per heavy atom. The van der Waals surface area contributed by atoms with Gasteiger partial charge in [0.2, 0.25) is 0 Å². The molecule has 1 aliphatic heterocycles. The van der Waals surface area contributed by atoms with E-state index in [1.54, 1.807) is 0 Å². The summed E-state index contributed by atoms with van der Waals surface area (Å²) in [4.78, 5) is 0. The second-order valence-electron chi connectivity index (χ2n) is 2.68. The highest BCUT2D eigenvalue weighted by molar-refractivity contribution is 4.91. The molecule has 46 valence electrons. The van der Waals surface area contributed by atoms with Gasteiger partial charge in [-0.05, 0) is 12.8 Å². The van der Waals surface area contributed by atoms with Crippen molar-refractivity contribution < 1.29 is 9.84 Å². The van der Waals surface area contributed by atoms with Crippen molar-refractivity contribution >= 4 is 0 Å². The molecule has 1 aliphatic carbocycles. The van der Waals surface area contributed by atoms with Crippen molar-refractivity contribution in [1.29, 1.82) is 0 Å². The van der Waals surface area contributed by atoms with Crippen LogP contribution in [0.15, 0.2) is 0 Å². The Balaban J connectivity index is 1.93. The first-order valence-corrected chi connectivity index (χ1v) is 3.20. The lowest BCUT2D eigenvalue weighted by Crippen LogP contribution is -2.17. The first-order chi connectivity index (χ1) is 3.86. The normalized spacial score (nSPS) is 52.9.